The maximum atomic E-state index is 11.1. The molecule has 5 rings (SSSR count). The summed E-state index contributed by atoms with van der Waals surface area (Å²) >= 11 is 6.27. The second-order valence-corrected chi connectivity index (χ2v) is 10.3. The standard InChI is InChI=1S/C27H30ClN3O3/c1-15(2)25(18-6-9-24-23(11-18)26(28)30-29-24)34-21-7-8-22-16(3)19(5-4-17(22)10-21)12-31-13-20(14-31)27(32)33/h6-11,15,20,25H,4-5,12-14H2,1-3H3,(H,29,30)(H,32,33). The van der Waals surface area contributed by atoms with E-state index < -0.39 is 5.97 Å². The number of ether oxygens (including phenoxy) is 1. The zero-order chi connectivity index (χ0) is 24.0. The van der Waals surface area contributed by atoms with Crippen LogP contribution in [0.4, 0.5) is 0 Å². The molecule has 1 aromatic heterocycles. The Balaban J connectivity index is 1.34. The van der Waals surface area contributed by atoms with Crippen LogP contribution in [0.15, 0.2) is 42.0 Å². The molecule has 3 aromatic rings. The SMILES string of the molecule is CC1=C(CN2CC(C(=O)O)C2)CCc2cc(OC(c3ccc4n[nH]c(Cl)c4c3)C(C)C)ccc21. The fourth-order valence-electron chi connectivity index (χ4n) is 5.11. The summed E-state index contributed by atoms with van der Waals surface area (Å²) in [6.45, 7) is 8.67. The fourth-order valence-corrected chi connectivity index (χ4v) is 5.31. The van der Waals surface area contributed by atoms with E-state index in [-0.39, 0.29) is 17.9 Å². The first kappa shape index (κ1) is 22.9. The molecule has 1 atom stereocenters. The van der Waals surface area contributed by atoms with Gasteiger partial charge >= 0.3 is 5.97 Å². The number of aryl methyl sites for hydroxylation is 1. The molecule has 0 bridgehead atoms. The minimum atomic E-state index is -0.684. The van der Waals surface area contributed by atoms with Crippen molar-refractivity contribution >= 4 is 34.0 Å². The number of aromatic nitrogens is 2. The molecule has 2 aromatic carbocycles. The van der Waals surface area contributed by atoms with Crippen molar-refractivity contribution in [2.45, 2.75) is 39.7 Å². The minimum absolute atomic E-state index is 0.0993. The van der Waals surface area contributed by atoms with Crippen molar-refractivity contribution in [3.05, 3.63) is 63.8 Å². The lowest BCUT2D eigenvalue weighted by Crippen LogP contribution is -2.50. The van der Waals surface area contributed by atoms with Crippen molar-refractivity contribution in [1.29, 1.82) is 0 Å². The van der Waals surface area contributed by atoms with Crippen LogP contribution < -0.4 is 4.74 Å². The molecule has 34 heavy (non-hydrogen) atoms. The van der Waals surface area contributed by atoms with E-state index in [4.69, 9.17) is 21.4 Å². The Bertz CT molecular complexity index is 1270. The van der Waals surface area contributed by atoms with E-state index in [2.05, 4.69) is 66.2 Å². The Morgan fingerprint density at radius 2 is 2.03 bits per heavy atom. The highest BCUT2D eigenvalue weighted by Crippen LogP contribution is 2.37. The molecule has 7 heteroatoms. The van der Waals surface area contributed by atoms with Gasteiger partial charge in [0, 0.05) is 25.0 Å². The number of H-pyrrole nitrogens is 1. The van der Waals surface area contributed by atoms with Gasteiger partial charge in [0.2, 0.25) is 0 Å². The highest BCUT2D eigenvalue weighted by atomic mass is 35.5. The molecule has 178 valence electrons. The molecule has 0 spiro atoms. The second-order valence-electron chi connectivity index (χ2n) is 9.87. The number of likely N-dealkylation sites (tertiary alicyclic amines) is 1. The predicted octanol–water partition coefficient (Wildman–Crippen LogP) is 5.73. The number of carboxylic acid groups (broad SMARTS) is 1. The average molecular weight is 480 g/mol. The molecule has 1 unspecified atom stereocenters. The zero-order valence-corrected chi connectivity index (χ0v) is 20.5. The van der Waals surface area contributed by atoms with Crippen LogP contribution in [0.2, 0.25) is 5.15 Å². The predicted molar refractivity (Wildman–Crippen MR) is 134 cm³/mol. The lowest BCUT2D eigenvalue weighted by Gasteiger charge is -2.38. The van der Waals surface area contributed by atoms with Gasteiger partial charge in [-0.1, -0.05) is 43.2 Å². The van der Waals surface area contributed by atoms with Gasteiger partial charge in [0.25, 0.3) is 0 Å². The Morgan fingerprint density at radius 3 is 2.76 bits per heavy atom. The Hall–Kier alpha value is -2.83. The van der Waals surface area contributed by atoms with Crippen LogP contribution in [0.25, 0.3) is 16.5 Å². The van der Waals surface area contributed by atoms with E-state index in [9.17, 15) is 4.79 Å². The van der Waals surface area contributed by atoms with E-state index >= 15 is 0 Å². The summed E-state index contributed by atoms with van der Waals surface area (Å²) < 4.78 is 6.53. The summed E-state index contributed by atoms with van der Waals surface area (Å²) in [6.07, 6.45) is 1.87. The number of nitrogens with zero attached hydrogens (tertiary/aromatic N) is 2. The lowest BCUT2D eigenvalue weighted by atomic mass is 9.85. The van der Waals surface area contributed by atoms with E-state index in [0.717, 1.165) is 41.6 Å². The van der Waals surface area contributed by atoms with E-state index in [0.29, 0.717) is 18.2 Å². The van der Waals surface area contributed by atoms with Crippen molar-refractivity contribution in [3.8, 4) is 5.75 Å². The Kier molecular flexibility index (Phi) is 6.13. The normalized spacial score (nSPS) is 17.7. The first-order valence-corrected chi connectivity index (χ1v) is 12.2. The van der Waals surface area contributed by atoms with Gasteiger partial charge in [-0.2, -0.15) is 5.10 Å². The van der Waals surface area contributed by atoms with Gasteiger partial charge in [-0.25, -0.2) is 0 Å². The third kappa shape index (κ3) is 4.32. The molecule has 1 aliphatic heterocycles. The quantitative estimate of drug-likeness (QED) is 0.452. The van der Waals surface area contributed by atoms with Gasteiger partial charge in [-0.3, -0.25) is 14.8 Å². The second kappa shape index (κ2) is 9.08. The topological polar surface area (TPSA) is 78.5 Å². The molecule has 0 radical (unpaired) electrons. The summed E-state index contributed by atoms with van der Waals surface area (Å²) in [5.74, 6) is 0.254. The fraction of sp³-hybridized carbons (Fsp3) is 0.407. The zero-order valence-electron chi connectivity index (χ0n) is 19.8. The number of aromatic amines is 1. The van der Waals surface area contributed by atoms with Crippen LogP contribution in [-0.4, -0.2) is 45.8 Å². The van der Waals surface area contributed by atoms with Crippen LogP contribution in [0.1, 0.15) is 50.0 Å². The summed E-state index contributed by atoms with van der Waals surface area (Å²) in [7, 11) is 0. The van der Waals surface area contributed by atoms with E-state index in [1.165, 1.54) is 22.3 Å². The van der Waals surface area contributed by atoms with Crippen molar-refractivity contribution in [2.24, 2.45) is 11.8 Å². The number of benzene rings is 2. The van der Waals surface area contributed by atoms with Crippen molar-refractivity contribution in [2.75, 3.05) is 19.6 Å². The number of nitrogens with one attached hydrogen (secondary N) is 1. The minimum Gasteiger partial charge on any atom is -0.485 e. The lowest BCUT2D eigenvalue weighted by molar-refractivity contribution is -0.147. The van der Waals surface area contributed by atoms with Gasteiger partial charge in [-0.05, 0) is 72.2 Å². The Labute approximate surface area is 204 Å². The molecule has 0 saturated carbocycles. The maximum Gasteiger partial charge on any atom is 0.309 e. The van der Waals surface area contributed by atoms with Crippen LogP contribution in [-0.2, 0) is 11.2 Å². The third-order valence-corrected chi connectivity index (χ3v) is 7.44. The Morgan fingerprint density at radius 1 is 1.24 bits per heavy atom. The molecule has 0 amide bonds. The van der Waals surface area contributed by atoms with E-state index in [1.54, 1.807) is 0 Å². The van der Waals surface area contributed by atoms with Crippen LogP contribution >= 0.6 is 11.6 Å². The number of fused-ring (bicyclic) bond motifs is 2. The summed E-state index contributed by atoms with van der Waals surface area (Å²) in [5, 5.41) is 17.6. The van der Waals surface area contributed by atoms with Gasteiger partial charge in [-0.15, -0.1) is 0 Å². The van der Waals surface area contributed by atoms with Crippen LogP contribution in [0.3, 0.4) is 0 Å². The average Bonchev–Trinajstić information content (AvgIpc) is 3.15. The summed E-state index contributed by atoms with van der Waals surface area (Å²) in [4.78, 5) is 13.3. The molecule has 1 aliphatic carbocycles. The summed E-state index contributed by atoms with van der Waals surface area (Å²) in [5.41, 5.74) is 7.23. The molecule has 1 fully saturated rings. The molecule has 6 nitrogen and oxygen atoms in total. The number of halogens is 1. The molecular formula is C27H30ClN3O3. The largest absolute Gasteiger partial charge is 0.485 e. The van der Waals surface area contributed by atoms with Crippen molar-refractivity contribution in [3.63, 3.8) is 0 Å². The highest BCUT2D eigenvalue weighted by molar-refractivity contribution is 6.34. The number of rotatable bonds is 7. The third-order valence-electron chi connectivity index (χ3n) is 7.16. The van der Waals surface area contributed by atoms with Gasteiger partial charge in [0.15, 0.2) is 0 Å². The first-order chi connectivity index (χ1) is 16.3. The number of allylic oxidation sites excluding steroid dienone is 1. The number of hydrogen-bond acceptors (Lipinski definition) is 4. The van der Waals surface area contributed by atoms with Gasteiger partial charge in [0.1, 0.15) is 17.0 Å². The van der Waals surface area contributed by atoms with Crippen molar-refractivity contribution < 1.29 is 14.6 Å². The summed E-state index contributed by atoms with van der Waals surface area (Å²) in [6, 6.07) is 12.5. The van der Waals surface area contributed by atoms with E-state index in [1.807, 2.05) is 6.07 Å². The highest BCUT2D eigenvalue weighted by Gasteiger charge is 2.33. The number of carboxylic acids is 1. The molecule has 2 aliphatic rings. The molecule has 2 N–H and O–H groups in total. The number of hydrogen-bond donors (Lipinski definition) is 2. The van der Waals surface area contributed by atoms with Crippen molar-refractivity contribution in [1.82, 2.24) is 15.1 Å². The first-order valence-electron chi connectivity index (χ1n) is 11.9. The molecule has 1 saturated heterocycles. The van der Waals surface area contributed by atoms with Crippen LogP contribution in [0, 0.1) is 11.8 Å². The van der Waals surface area contributed by atoms with Gasteiger partial charge in [0.05, 0.1) is 11.4 Å². The maximum absolute atomic E-state index is 11.1. The smallest absolute Gasteiger partial charge is 0.309 e. The monoisotopic (exact) mass is 479 g/mol. The van der Waals surface area contributed by atoms with Crippen LogP contribution in [0.5, 0.6) is 5.75 Å². The van der Waals surface area contributed by atoms with Gasteiger partial charge < -0.3 is 9.84 Å². The molecule has 2 heterocycles. The molecular weight excluding hydrogens is 450 g/mol. The number of aliphatic carboxylic acids is 1. The number of carbonyl (C=O) groups is 1.